The van der Waals surface area contributed by atoms with Crippen molar-refractivity contribution in [1.29, 1.82) is 0 Å². The summed E-state index contributed by atoms with van der Waals surface area (Å²) in [6.07, 6.45) is 4.43. The Bertz CT molecular complexity index is 1370. The van der Waals surface area contributed by atoms with E-state index >= 15 is 0 Å². The van der Waals surface area contributed by atoms with Gasteiger partial charge >= 0.3 is 5.97 Å². The molecule has 0 radical (unpaired) electrons. The van der Waals surface area contributed by atoms with Gasteiger partial charge < -0.3 is 42.5 Å². The maximum absolute atomic E-state index is 13.5. The number of nitrogens with two attached hydrogens (primary N) is 2. The molecule has 0 bridgehead atoms. The van der Waals surface area contributed by atoms with Crippen LogP contribution in [0.25, 0.3) is 10.9 Å². The lowest BCUT2D eigenvalue weighted by atomic mass is 9.99. The molecule has 2 aromatic heterocycles. The van der Waals surface area contributed by atoms with Crippen molar-refractivity contribution in [2.75, 3.05) is 0 Å². The Hall–Kier alpha value is -4.72. The molecule has 41 heavy (non-hydrogen) atoms. The van der Waals surface area contributed by atoms with Gasteiger partial charge in [-0.15, -0.1) is 0 Å². The first-order valence-corrected chi connectivity index (χ1v) is 13.2. The lowest BCUT2D eigenvalue weighted by Gasteiger charge is -2.27. The zero-order valence-corrected chi connectivity index (χ0v) is 22.8. The van der Waals surface area contributed by atoms with Crippen molar-refractivity contribution in [3.05, 3.63) is 54.2 Å². The van der Waals surface area contributed by atoms with Crippen molar-refractivity contribution in [3.8, 4) is 0 Å². The van der Waals surface area contributed by atoms with Crippen molar-refractivity contribution < 1.29 is 29.1 Å². The zero-order chi connectivity index (χ0) is 30.1. The number of benzene rings is 1. The van der Waals surface area contributed by atoms with Crippen molar-refractivity contribution in [2.24, 2.45) is 17.4 Å². The summed E-state index contributed by atoms with van der Waals surface area (Å²) in [5, 5.41) is 18.1. The summed E-state index contributed by atoms with van der Waals surface area (Å²) in [6.45, 7) is 3.45. The summed E-state index contributed by atoms with van der Waals surface area (Å²) in [6, 6.07) is 2.76. The van der Waals surface area contributed by atoms with E-state index in [1.807, 2.05) is 24.3 Å². The van der Waals surface area contributed by atoms with Gasteiger partial charge in [-0.3, -0.25) is 19.2 Å². The van der Waals surface area contributed by atoms with Crippen molar-refractivity contribution in [3.63, 3.8) is 0 Å². The van der Waals surface area contributed by atoms with Crippen LogP contribution in [0.4, 0.5) is 0 Å². The molecule has 0 aliphatic heterocycles. The normalized spacial score (nSPS) is 14.1. The fourth-order valence-corrected chi connectivity index (χ4v) is 4.33. The number of hydrogen-bond donors (Lipinski definition) is 8. The number of nitrogens with one attached hydrogen (secondary N) is 5. The number of carboxylic acids is 1. The summed E-state index contributed by atoms with van der Waals surface area (Å²) >= 11 is 0. The second-order valence-corrected chi connectivity index (χ2v) is 10.1. The number of aromatic nitrogens is 3. The zero-order valence-electron chi connectivity index (χ0n) is 22.8. The minimum absolute atomic E-state index is 0.0157. The van der Waals surface area contributed by atoms with Gasteiger partial charge in [-0.2, -0.15) is 0 Å². The standard InChI is InChI=1S/C27H36N8O6/c1-14(2)23(35-24(37)18(28)10-16-12-30-13-32-16)26(39)34-21(9-15-11-31-19-6-4-3-5-17(15)19)25(38)33-20(27(40)41)7-8-22(29)36/h3-6,11-14,18,20-21,23,31H,7-10,28H2,1-2H3,(H2,29,36)(H,30,32)(H,33,38)(H,34,39)(H,35,37)(H,40,41). The van der Waals surface area contributed by atoms with Gasteiger partial charge in [0.05, 0.1) is 12.4 Å². The summed E-state index contributed by atoms with van der Waals surface area (Å²) in [5.41, 5.74) is 13.4. The Morgan fingerprint density at radius 1 is 0.951 bits per heavy atom. The lowest BCUT2D eigenvalue weighted by molar-refractivity contribution is -0.142. The molecule has 0 fully saturated rings. The molecule has 0 saturated heterocycles. The predicted molar refractivity (Wildman–Crippen MR) is 149 cm³/mol. The highest BCUT2D eigenvalue weighted by molar-refractivity contribution is 5.95. The molecule has 10 N–H and O–H groups in total. The first kappa shape index (κ1) is 30.8. The number of carbonyl (C=O) groups excluding carboxylic acids is 4. The fraction of sp³-hybridized carbons (Fsp3) is 0.407. The molecule has 0 saturated carbocycles. The van der Waals surface area contributed by atoms with Crippen LogP contribution in [0.5, 0.6) is 0 Å². The third-order valence-corrected chi connectivity index (χ3v) is 6.60. The number of carbonyl (C=O) groups is 5. The smallest absolute Gasteiger partial charge is 0.326 e. The van der Waals surface area contributed by atoms with E-state index < -0.39 is 53.8 Å². The van der Waals surface area contributed by atoms with E-state index in [1.54, 1.807) is 26.2 Å². The molecule has 4 amide bonds. The lowest BCUT2D eigenvalue weighted by Crippen LogP contribution is -2.59. The Morgan fingerprint density at radius 3 is 2.29 bits per heavy atom. The predicted octanol–water partition coefficient (Wildman–Crippen LogP) is -0.536. The number of fused-ring (bicyclic) bond motifs is 1. The Labute approximate surface area is 236 Å². The molecule has 14 nitrogen and oxygen atoms in total. The monoisotopic (exact) mass is 568 g/mol. The van der Waals surface area contributed by atoms with Gasteiger partial charge in [-0.25, -0.2) is 9.78 Å². The number of rotatable bonds is 15. The molecule has 3 aromatic rings. The molecule has 0 aliphatic carbocycles. The van der Waals surface area contributed by atoms with Gasteiger partial charge in [0.2, 0.25) is 23.6 Å². The minimum atomic E-state index is -1.40. The molecule has 220 valence electrons. The van der Waals surface area contributed by atoms with Gasteiger partial charge in [0, 0.05) is 48.3 Å². The van der Waals surface area contributed by atoms with Crippen molar-refractivity contribution in [1.82, 2.24) is 30.9 Å². The van der Waals surface area contributed by atoms with Crippen LogP contribution in [-0.2, 0) is 36.8 Å². The first-order valence-electron chi connectivity index (χ1n) is 13.2. The van der Waals surface area contributed by atoms with Gasteiger partial charge in [-0.05, 0) is 24.0 Å². The summed E-state index contributed by atoms with van der Waals surface area (Å²) in [7, 11) is 0. The van der Waals surface area contributed by atoms with E-state index in [2.05, 4.69) is 30.9 Å². The van der Waals surface area contributed by atoms with E-state index in [0.29, 0.717) is 11.3 Å². The van der Waals surface area contributed by atoms with E-state index in [0.717, 1.165) is 10.9 Å². The molecule has 14 heteroatoms. The van der Waals surface area contributed by atoms with Gasteiger partial charge in [0.15, 0.2) is 0 Å². The number of primary amides is 1. The van der Waals surface area contributed by atoms with Crippen LogP contribution in [0.2, 0.25) is 0 Å². The van der Waals surface area contributed by atoms with Gasteiger partial charge in [0.1, 0.15) is 18.1 Å². The average molecular weight is 569 g/mol. The van der Waals surface area contributed by atoms with Crippen LogP contribution in [0.1, 0.15) is 37.9 Å². The van der Waals surface area contributed by atoms with Crippen LogP contribution in [0.15, 0.2) is 43.0 Å². The maximum Gasteiger partial charge on any atom is 0.326 e. The van der Waals surface area contributed by atoms with E-state index in [-0.39, 0.29) is 31.6 Å². The Kier molecular flexibility index (Phi) is 10.6. The third kappa shape index (κ3) is 8.63. The molecular formula is C27H36N8O6. The SMILES string of the molecule is CC(C)C(NC(=O)C(N)Cc1cnc[nH]1)C(=O)NC(Cc1c[nH]c2ccccc12)C(=O)NC(CCC(N)=O)C(=O)O. The number of amides is 4. The fourth-order valence-electron chi connectivity index (χ4n) is 4.33. The second-order valence-electron chi connectivity index (χ2n) is 10.1. The van der Waals surface area contributed by atoms with Crippen LogP contribution >= 0.6 is 0 Å². The molecular weight excluding hydrogens is 532 g/mol. The number of carboxylic acid groups (broad SMARTS) is 1. The molecule has 1 aromatic carbocycles. The van der Waals surface area contributed by atoms with Crippen LogP contribution < -0.4 is 27.4 Å². The summed E-state index contributed by atoms with van der Waals surface area (Å²) < 4.78 is 0. The number of nitrogens with zero attached hydrogens (tertiary/aromatic N) is 1. The van der Waals surface area contributed by atoms with Gasteiger partial charge in [0.25, 0.3) is 0 Å². The molecule has 3 rings (SSSR count). The van der Waals surface area contributed by atoms with Crippen LogP contribution in [0, 0.1) is 5.92 Å². The van der Waals surface area contributed by atoms with Crippen LogP contribution in [-0.4, -0.2) is 73.8 Å². The molecule has 4 atom stereocenters. The largest absolute Gasteiger partial charge is 0.480 e. The molecule has 0 aliphatic rings. The number of aromatic amines is 2. The summed E-state index contributed by atoms with van der Waals surface area (Å²) in [4.78, 5) is 72.5. The minimum Gasteiger partial charge on any atom is -0.480 e. The topological polar surface area (TPSA) is 238 Å². The Morgan fingerprint density at radius 2 is 1.66 bits per heavy atom. The molecule has 4 unspecified atom stereocenters. The highest BCUT2D eigenvalue weighted by Gasteiger charge is 2.32. The number of aliphatic carboxylic acids is 1. The maximum atomic E-state index is 13.5. The Balaban J connectivity index is 1.80. The quantitative estimate of drug-likeness (QED) is 0.118. The summed E-state index contributed by atoms with van der Waals surface area (Å²) in [5.74, 6) is -4.43. The first-order chi connectivity index (χ1) is 19.5. The number of para-hydroxylation sites is 1. The average Bonchev–Trinajstić information content (AvgIpc) is 3.58. The third-order valence-electron chi connectivity index (χ3n) is 6.60. The number of imidazole rings is 1. The van der Waals surface area contributed by atoms with E-state index in [9.17, 15) is 29.1 Å². The van der Waals surface area contributed by atoms with Crippen molar-refractivity contribution >= 4 is 40.5 Å². The number of H-pyrrole nitrogens is 2. The van der Waals surface area contributed by atoms with Crippen molar-refractivity contribution in [2.45, 2.75) is 63.7 Å². The van der Waals surface area contributed by atoms with Gasteiger partial charge in [-0.1, -0.05) is 32.0 Å². The highest BCUT2D eigenvalue weighted by atomic mass is 16.4. The second kappa shape index (κ2) is 14.1. The van der Waals surface area contributed by atoms with E-state index in [4.69, 9.17) is 11.5 Å². The van der Waals surface area contributed by atoms with Crippen LogP contribution in [0.3, 0.4) is 0 Å². The molecule has 2 heterocycles. The molecule has 0 spiro atoms. The van der Waals surface area contributed by atoms with E-state index in [1.165, 1.54) is 6.33 Å². The highest BCUT2D eigenvalue weighted by Crippen LogP contribution is 2.19. The number of hydrogen-bond acceptors (Lipinski definition) is 7.